The van der Waals surface area contributed by atoms with E-state index in [1.165, 1.54) is 5.56 Å². The van der Waals surface area contributed by atoms with Crippen LogP contribution in [0.5, 0.6) is 5.75 Å². The molecule has 0 amide bonds. The maximum Gasteiger partial charge on any atom is 0.118 e. The second-order valence-corrected chi connectivity index (χ2v) is 4.30. The highest BCUT2D eigenvalue weighted by molar-refractivity contribution is 5.94. The molecule has 0 bridgehead atoms. The van der Waals surface area contributed by atoms with E-state index in [-0.39, 0.29) is 0 Å². The summed E-state index contributed by atoms with van der Waals surface area (Å²) in [4.78, 5) is 0. The van der Waals surface area contributed by atoms with E-state index in [0.29, 0.717) is 0 Å². The molecule has 2 aromatic carbocycles. The molecule has 1 heterocycles. The minimum absolute atomic E-state index is 0.856. The monoisotopic (exact) mass is 238 g/mol. The molecule has 3 aromatic rings. The van der Waals surface area contributed by atoms with Crippen molar-refractivity contribution in [2.75, 3.05) is 7.11 Å². The number of hydrogen-bond donors (Lipinski definition) is 1. The Kier molecular flexibility index (Phi) is 2.52. The Morgan fingerprint density at radius 3 is 2.56 bits per heavy atom. The molecule has 0 saturated carbocycles. The summed E-state index contributed by atoms with van der Waals surface area (Å²) in [6.07, 6.45) is 0. The fraction of sp³-hybridized carbons (Fsp3) is 0.133. The molecule has 0 aliphatic heterocycles. The first-order valence-electron chi connectivity index (χ1n) is 5.87. The molecule has 18 heavy (non-hydrogen) atoms. The van der Waals surface area contributed by atoms with Crippen molar-refractivity contribution in [1.29, 1.82) is 0 Å². The van der Waals surface area contributed by atoms with Gasteiger partial charge in [-0.1, -0.05) is 18.2 Å². The normalized spacial score (nSPS) is 10.8. The van der Waals surface area contributed by atoms with Crippen LogP contribution in [0.25, 0.3) is 22.2 Å². The van der Waals surface area contributed by atoms with Gasteiger partial charge >= 0.3 is 0 Å². The van der Waals surface area contributed by atoms with Crippen LogP contribution >= 0.6 is 0 Å². The maximum absolute atomic E-state index is 5.16. The highest BCUT2D eigenvalue weighted by Gasteiger charge is 2.08. The van der Waals surface area contributed by atoms with Gasteiger partial charge in [-0.3, -0.25) is 5.10 Å². The largest absolute Gasteiger partial charge is 0.497 e. The van der Waals surface area contributed by atoms with Gasteiger partial charge in [0.05, 0.1) is 18.3 Å². The van der Waals surface area contributed by atoms with Crippen molar-refractivity contribution in [3.05, 3.63) is 48.0 Å². The van der Waals surface area contributed by atoms with E-state index in [1.807, 2.05) is 24.3 Å². The van der Waals surface area contributed by atoms with Crippen LogP contribution in [-0.4, -0.2) is 17.3 Å². The lowest BCUT2D eigenvalue weighted by molar-refractivity contribution is 0.415. The van der Waals surface area contributed by atoms with Crippen LogP contribution in [0.3, 0.4) is 0 Å². The molecule has 1 N–H and O–H groups in total. The Labute approximate surface area is 105 Å². The first-order chi connectivity index (χ1) is 8.79. The van der Waals surface area contributed by atoms with Crippen molar-refractivity contribution in [2.45, 2.75) is 6.92 Å². The van der Waals surface area contributed by atoms with Crippen LogP contribution in [0.2, 0.25) is 0 Å². The van der Waals surface area contributed by atoms with E-state index in [1.54, 1.807) is 7.11 Å². The molecule has 0 radical (unpaired) electrons. The first kappa shape index (κ1) is 10.8. The van der Waals surface area contributed by atoms with E-state index in [2.05, 4.69) is 35.3 Å². The lowest BCUT2D eigenvalue weighted by atomic mass is 10.1. The van der Waals surface area contributed by atoms with Gasteiger partial charge in [-0.05, 0) is 36.8 Å². The molecule has 0 atom stereocenters. The van der Waals surface area contributed by atoms with Crippen LogP contribution in [0, 0.1) is 6.92 Å². The predicted molar refractivity (Wildman–Crippen MR) is 72.8 cm³/mol. The molecule has 3 rings (SSSR count). The van der Waals surface area contributed by atoms with Gasteiger partial charge in [-0.2, -0.15) is 5.10 Å². The zero-order valence-corrected chi connectivity index (χ0v) is 10.4. The molecule has 1 aromatic heterocycles. The number of aromatic nitrogens is 2. The van der Waals surface area contributed by atoms with Gasteiger partial charge in [0.15, 0.2) is 0 Å². The van der Waals surface area contributed by atoms with Gasteiger partial charge in [0, 0.05) is 10.9 Å². The van der Waals surface area contributed by atoms with E-state index >= 15 is 0 Å². The van der Waals surface area contributed by atoms with E-state index in [0.717, 1.165) is 27.9 Å². The summed E-state index contributed by atoms with van der Waals surface area (Å²) in [6.45, 7) is 2.08. The molecule has 0 aliphatic rings. The number of fused-ring (bicyclic) bond motifs is 1. The molecular weight excluding hydrogens is 224 g/mol. The highest BCUT2D eigenvalue weighted by Crippen LogP contribution is 2.28. The molecule has 0 unspecified atom stereocenters. The summed E-state index contributed by atoms with van der Waals surface area (Å²) in [5, 5.41) is 8.67. The van der Waals surface area contributed by atoms with E-state index < -0.39 is 0 Å². The van der Waals surface area contributed by atoms with Crippen molar-refractivity contribution < 1.29 is 4.74 Å². The fourth-order valence-corrected chi connectivity index (χ4v) is 2.15. The number of nitrogens with zero attached hydrogens (tertiary/aromatic N) is 1. The third kappa shape index (κ3) is 1.64. The molecule has 0 spiro atoms. The Hall–Kier alpha value is -2.29. The average molecular weight is 238 g/mol. The molecule has 0 aliphatic carbocycles. The third-order valence-electron chi connectivity index (χ3n) is 3.17. The number of nitrogens with one attached hydrogen (secondary N) is 1. The summed E-state index contributed by atoms with van der Waals surface area (Å²) in [5.41, 5.74) is 4.38. The highest BCUT2D eigenvalue weighted by atomic mass is 16.5. The van der Waals surface area contributed by atoms with Crippen LogP contribution < -0.4 is 4.74 Å². The summed E-state index contributed by atoms with van der Waals surface area (Å²) in [5.74, 6) is 0.856. The predicted octanol–water partition coefficient (Wildman–Crippen LogP) is 3.55. The number of para-hydroxylation sites is 1. The van der Waals surface area contributed by atoms with Gasteiger partial charge in [0.1, 0.15) is 5.75 Å². The van der Waals surface area contributed by atoms with Crippen molar-refractivity contribution in [2.24, 2.45) is 0 Å². The zero-order chi connectivity index (χ0) is 12.5. The lowest BCUT2D eigenvalue weighted by Crippen LogP contribution is -1.83. The molecular formula is C15H14N2O. The van der Waals surface area contributed by atoms with Crippen molar-refractivity contribution in [1.82, 2.24) is 10.2 Å². The Morgan fingerprint density at radius 2 is 1.83 bits per heavy atom. The van der Waals surface area contributed by atoms with Crippen LogP contribution in [0.1, 0.15) is 5.56 Å². The quantitative estimate of drug-likeness (QED) is 0.741. The molecule has 3 nitrogen and oxygen atoms in total. The van der Waals surface area contributed by atoms with Gasteiger partial charge in [0.2, 0.25) is 0 Å². The van der Waals surface area contributed by atoms with Gasteiger partial charge in [-0.15, -0.1) is 0 Å². The Morgan fingerprint density at radius 1 is 1.06 bits per heavy atom. The number of rotatable bonds is 2. The van der Waals surface area contributed by atoms with E-state index in [9.17, 15) is 0 Å². The number of aryl methyl sites for hydroxylation is 1. The van der Waals surface area contributed by atoms with Crippen molar-refractivity contribution in [3.63, 3.8) is 0 Å². The summed E-state index contributed by atoms with van der Waals surface area (Å²) >= 11 is 0. The maximum atomic E-state index is 5.16. The Bertz CT molecular complexity index is 683. The van der Waals surface area contributed by atoms with Crippen molar-refractivity contribution >= 4 is 10.9 Å². The number of H-pyrrole nitrogens is 1. The van der Waals surface area contributed by atoms with Crippen LogP contribution in [0.4, 0.5) is 0 Å². The lowest BCUT2D eigenvalue weighted by Gasteiger charge is -2.01. The Balaban J connectivity index is 2.16. The van der Waals surface area contributed by atoms with Gasteiger partial charge < -0.3 is 4.74 Å². The number of hydrogen-bond acceptors (Lipinski definition) is 2. The third-order valence-corrected chi connectivity index (χ3v) is 3.17. The minimum atomic E-state index is 0.856. The van der Waals surface area contributed by atoms with Crippen molar-refractivity contribution in [3.8, 4) is 17.0 Å². The second kappa shape index (κ2) is 4.18. The number of benzene rings is 2. The second-order valence-electron chi connectivity index (χ2n) is 4.30. The molecule has 90 valence electrons. The van der Waals surface area contributed by atoms with Crippen LogP contribution in [-0.2, 0) is 0 Å². The molecule has 0 fully saturated rings. The fourth-order valence-electron chi connectivity index (χ4n) is 2.15. The van der Waals surface area contributed by atoms with Crippen LogP contribution in [0.15, 0.2) is 42.5 Å². The number of aromatic amines is 1. The smallest absolute Gasteiger partial charge is 0.118 e. The van der Waals surface area contributed by atoms with Gasteiger partial charge in [0.25, 0.3) is 0 Å². The standard InChI is InChI=1S/C15H14N2O/c1-10-4-3-5-13-14(10)16-17-15(13)11-6-8-12(18-2)9-7-11/h3-9H,1-2H3,(H,16,17). The first-order valence-corrected chi connectivity index (χ1v) is 5.87. The molecule has 0 saturated heterocycles. The zero-order valence-electron chi connectivity index (χ0n) is 10.4. The topological polar surface area (TPSA) is 37.9 Å². The SMILES string of the molecule is COc1ccc(-c2n[nH]c3c(C)cccc23)cc1. The average Bonchev–Trinajstić information content (AvgIpc) is 2.84. The number of ether oxygens (including phenoxy) is 1. The van der Waals surface area contributed by atoms with Gasteiger partial charge in [-0.25, -0.2) is 0 Å². The summed E-state index contributed by atoms with van der Waals surface area (Å²) < 4.78 is 5.16. The molecule has 3 heteroatoms. The minimum Gasteiger partial charge on any atom is -0.497 e. The number of methoxy groups -OCH3 is 1. The summed E-state index contributed by atoms with van der Waals surface area (Å²) in [7, 11) is 1.67. The summed E-state index contributed by atoms with van der Waals surface area (Å²) in [6, 6.07) is 14.2. The van der Waals surface area contributed by atoms with E-state index in [4.69, 9.17) is 4.74 Å².